The van der Waals surface area contributed by atoms with Gasteiger partial charge in [-0.2, -0.15) is 0 Å². The molecule has 0 bridgehead atoms. The summed E-state index contributed by atoms with van der Waals surface area (Å²) in [4.78, 5) is 37.3. The summed E-state index contributed by atoms with van der Waals surface area (Å²) in [6, 6.07) is 1.77. The zero-order valence-corrected chi connectivity index (χ0v) is 12.4. The number of rotatable bonds is 3. The van der Waals surface area contributed by atoms with Crippen molar-refractivity contribution in [2.75, 3.05) is 6.54 Å². The number of ketones is 1. The molecule has 0 atom stereocenters. The van der Waals surface area contributed by atoms with Gasteiger partial charge in [-0.1, -0.05) is 13.8 Å². The summed E-state index contributed by atoms with van der Waals surface area (Å²) in [7, 11) is 0. The van der Waals surface area contributed by atoms with Crippen molar-refractivity contribution in [1.82, 2.24) is 4.90 Å². The molecule has 0 N–H and O–H groups in total. The van der Waals surface area contributed by atoms with E-state index in [0.717, 1.165) is 4.90 Å². The quantitative estimate of drug-likeness (QED) is 0.632. The Morgan fingerprint density at radius 1 is 1.50 bits per heavy atom. The van der Waals surface area contributed by atoms with Gasteiger partial charge in [0.05, 0.1) is 16.8 Å². The number of carbonyl (C=O) groups is 3. The maximum absolute atomic E-state index is 12.0. The Bertz CT molecular complexity index is 535. The van der Waals surface area contributed by atoms with Crippen molar-refractivity contribution in [1.29, 1.82) is 0 Å². The zero-order valence-electron chi connectivity index (χ0n) is 10.0. The summed E-state index contributed by atoms with van der Waals surface area (Å²) in [6.07, 6.45) is 0.171. The van der Waals surface area contributed by atoms with E-state index in [1.807, 2.05) is 0 Å². The van der Waals surface area contributed by atoms with Crippen LogP contribution in [-0.2, 0) is 9.59 Å². The van der Waals surface area contributed by atoms with Gasteiger partial charge in [-0.3, -0.25) is 19.3 Å². The Labute approximate surface area is 117 Å². The number of Topliss-reactive ketones (excluding diaryl/α,β-unsaturated/α-hetero) is 1. The van der Waals surface area contributed by atoms with Crippen LogP contribution in [0.4, 0.5) is 0 Å². The number of likely N-dealkylation sites (tertiary alicyclic amines) is 1. The fourth-order valence-electron chi connectivity index (χ4n) is 1.90. The van der Waals surface area contributed by atoms with Crippen molar-refractivity contribution in [3.05, 3.63) is 20.8 Å². The molecule has 2 heterocycles. The second-order valence-electron chi connectivity index (χ2n) is 4.87. The van der Waals surface area contributed by atoms with Crippen LogP contribution in [0.5, 0.6) is 0 Å². The Morgan fingerprint density at radius 2 is 2.17 bits per heavy atom. The van der Waals surface area contributed by atoms with Crippen LogP contribution in [0.25, 0.3) is 0 Å². The minimum Gasteiger partial charge on any atom is -0.291 e. The van der Waals surface area contributed by atoms with Crippen LogP contribution < -0.4 is 0 Å². The van der Waals surface area contributed by atoms with E-state index in [1.165, 1.54) is 11.3 Å². The molecule has 6 heteroatoms. The highest BCUT2D eigenvalue weighted by Gasteiger charge is 2.45. The zero-order chi connectivity index (χ0) is 13.5. The third-order valence-electron chi connectivity index (χ3n) is 2.89. The first kappa shape index (κ1) is 13.4. The lowest BCUT2D eigenvalue weighted by Gasteiger charge is -2.16. The highest BCUT2D eigenvalue weighted by atomic mass is 79.9. The van der Waals surface area contributed by atoms with E-state index >= 15 is 0 Å². The molecule has 0 aliphatic carbocycles. The van der Waals surface area contributed by atoms with Gasteiger partial charge in [-0.05, 0) is 27.4 Å². The van der Waals surface area contributed by atoms with Crippen LogP contribution in [0.1, 0.15) is 29.9 Å². The summed E-state index contributed by atoms with van der Waals surface area (Å²) >= 11 is 4.57. The van der Waals surface area contributed by atoms with Crippen molar-refractivity contribution in [2.45, 2.75) is 20.3 Å². The number of hydrogen-bond acceptors (Lipinski definition) is 4. The van der Waals surface area contributed by atoms with Crippen molar-refractivity contribution in [3.8, 4) is 0 Å². The average Bonchev–Trinajstić information content (AvgIpc) is 2.76. The molecule has 0 unspecified atom stereocenters. The van der Waals surface area contributed by atoms with Gasteiger partial charge in [-0.25, -0.2) is 0 Å². The molecule has 0 radical (unpaired) electrons. The molecule has 96 valence electrons. The molecule has 1 aromatic heterocycles. The van der Waals surface area contributed by atoms with E-state index in [9.17, 15) is 14.4 Å². The van der Waals surface area contributed by atoms with Gasteiger partial charge in [0.1, 0.15) is 0 Å². The number of amides is 2. The van der Waals surface area contributed by atoms with Crippen LogP contribution in [0.2, 0.25) is 0 Å². The van der Waals surface area contributed by atoms with E-state index in [-0.39, 0.29) is 30.6 Å². The smallest absolute Gasteiger partial charge is 0.235 e. The SMILES string of the molecule is CC1(C)CC(=O)N(CC(=O)c2sccc2Br)C1=O. The maximum Gasteiger partial charge on any atom is 0.235 e. The molecule has 0 saturated carbocycles. The fourth-order valence-corrected chi connectivity index (χ4v) is 3.42. The van der Waals surface area contributed by atoms with Crippen LogP contribution in [-0.4, -0.2) is 29.0 Å². The standard InChI is InChI=1S/C12H12BrNO3S/c1-12(2)5-9(16)14(11(12)17)6-8(15)10-7(13)3-4-18-10/h3-4H,5-6H2,1-2H3. The number of imide groups is 1. The van der Waals surface area contributed by atoms with Crippen LogP contribution in [0, 0.1) is 5.41 Å². The predicted molar refractivity (Wildman–Crippen MR) is 71.5 cm³/mol. The third-order valence-corrected chi connectivity index (χ3v) is 4.77. The van der Waals surface area contributed by atoms with Crippen LogP contribution in [0.3, 0.4) is 0 Å². The number of thiophene rings is 1. The van der Waals surface area contributed by atoms with Gasteiger partial charge in [0.15, 0.2) is 5.78 Å². The lowest BCUT2D eigenvalue weighted by molar-refractivity contribution is -0.140. The molecule has 1 fully saturated rings. The molecule has 1 aromatic rings. The predicted octanol–water partition coefficient (Wildman–Crippen LogP) is 2.48. The molecule has 0 spiro atoms. The summed E-state index contributed by atoms with van der Waals surface area (Å²) < 4.78 is 0.704. The highest BCUT2D eigenvalue weighted by Crippen LogP contribution is 2.32. The summed E-state index contributed by atoms with van der Waals surface area (Å²) in [5, 5.41) is 1.79. The van der Waals surface area contributed by atoms with Gasteiger partial charge in [0.25, 0.3) is 0 Å². The summed E-state index contributed by atoms with van der Waals surface area (Å²) in [6.45, 7) is 3.28. The molecule has 1 saturated heterocycles. The molecular formula is C12H12BrNO3S. The Morgan fingerprint density at radius 3 is 2.61 bits per heavy atom. The van der Waals surface area contributed by atoms with Gasteiger partial charge in [0, 0.05) is 10.9 Å². The van der Waals surface area contributed by atoms with Gasteiger partial charge < -0.3 is 0 Å². The fraction of sp³-hybridized carbons (Fsp3) is 0.417. The minimum atomic E-state index is -0.690. The maximum atomic E-state index is 12.0. The minimum absolute atomic E-state index is 0.166. The largest absolute Gasteiger partial charge is 0.291 e. The van der Waals surface area contributed by atoms with Crippen molar-refractivity contribution < 1.29 is 14.4 Å². The molecule has 1 aliphatic heterocycles. The Kier molecular flexibility index (Phi) is 3.42. The molecule has 2 rings (SSSR count). The lowest BCUT2D eigenvalue weighted by atomic mass is 9.92. The second-order valence-corrected chi connectivity index (χ2v) is 6.64. The normalized spacial score (nSPS) is 18.5. The first-order valence-corrected chi connectivity index (χ1v) is 7.11. The van der Waals surface area contributed by atoms with E-state index in [0.29, 0.717) is 9.35 Å². The molecule has 4 nitrogen and oxygen atoms in total. The molecule has 18 heavy (non-hydrogen) atoms. The topological polar surface area (TPSA) is 54.5 Å². The van der Waals surface area contributed by atoms with Gasteiger partial charge in [0.2, 0.25) is 11.8 Å². The first-order chi connectivity index (χ1) is 8.33. The Hall–Kier alpha value is -1.01. The number of halogens is 1. The monoisotopic (exact) mass is 329 g/mol. The molecule has 1 aliphatic rings. The lowest BCUT2D eigenvalue weighted by Crippen LogP contribution is -2.37. The van der Waals surface area contributed by atoms with Gasteiger partial charge >= 0.3 is 0 Å². The molecule has 2 amide bonds. The summed E-state index contributed by atoms with van der Waals surface area (Å²) in [5.41, 5.74) is -0.690. The number of hydrogen-bond donors (Lipinski definition) is 0. The molecular weight excluding hydrogens is 318 g/mol. The first-order valence-electron chi connectivity index (χ1n) is 5.44. The summed E-state index contributed by atoms with van der Waals surface area (Å²) in [5.74, 6) is -0.754. The van der Waals surface area contributed by atoms with Crippen molar-refractivity contribution in [3.63, 3.8) is 0 Å². The number of carbonyl (C=O) groups excluding carboxylic acids is 3. The van der Waals surface area contributed by atoms with Crippen LogP contribution in [0.15, 0.2) is 15.9 Å². The second kappa shape index (κ2) is 4.59. The average molecular weight is 330 g/mol. The third kappa shape index (κ3) is 2.27. The van der Waals surface area contributed by atoms with E-state index in [2.05, 4.69) is 15.9 Å². The van der Waals surface area contributed by atoms with Gasteiger partial charge in [-0.15, -0.1) is 11.3 Å². The van der Waals surface area contributed by atoms with Crippen molar-refractivity contribution in [2.24, 2.45) is 5.41 Å². The van der Waals surface area contributed by atoms with Crippen molar-refractivity contribution >= 4 is 44.9 Å². The Balaban J connectivity index is 2.16. The highest BCUT2D eigenvalue weighted by molar-refractivity contribution is 9.10. The number of nitrogens with zero attached hydrogens (tertiary/aromatic N) is 1. The molecule has 0 aromatic carbocycles. The van der Waals surface area contributed by atoms with E-state index < -0.39 is 5.41 Å². The van der Waals surface area contributed by atoms with Crippen LogP contribution >= 0.6 is 27.3 Å². The van der Waals surface area contributed by atoms with E-state index in [4.69, 9.17) is 0 Å². The van der Waals surface area contributed by atoms with E-state index in [1.54, 1.807) is 25.3 Å².